The summed E-state index contributed by atoms with van der Waals surface area (Å²) in [4.78, 5) is 0. The molecule has 1 aromatic carbocycles. The van der Waals surface area contributed by atoms with E-state index in [2.05, 4.69) is 26.1 Å². The molecule has 0 heterocycles. The lowest BCUT2D eigenvalue weighted by molar-refractivity contribution is 0.408. The molecule has 3 heteroatoms. The second kappa shape index (κ2) is 7.75. The van der Waals surface area contributed by atoms with Crippen LogP contribution in [0.5, 0.6) is 0 Å². The van der Waals surface area contributed by atoms with Crippen molar-refractivity contribution >= 4 is 11.6 Å². The van der Waals surface area contributed by atoms with Crippen molar-refractivity contribution in [3.63, 3.8) is 0 Å². The molecule has 0 spiro atoms. The molecule has 0 radical (unpaired) electrons. The van der Waals surface area contributed by atoms with Gasteiger partial charge in [-0.2, -0.15) is 0 Å². The fourth-order valence-corrected chi connectivity index (χ4v) is 2.33. The van der Waals surface area contributed by atoms with Crippen molar-refractivity contribution in [2.75, 3.05) is 13.1 Å². The van der Waals surface area contributed by atoms with Gasteiger partial charge < -0.3 is 5.32 Å². The molecule has 1 aromatic rings. The van der Waals surface area contributed by atoms with Gasteiger partial charge in [0, 0.05) is 12.5 Å². The second-order valence-electron chi connectivity index (χ2n) is 4.84. The van der Waals surface area contributed by atoms with Crippen LogP contribution < -0.4 is 5.32 Å². The Bertz CT molecular complexity index is 368. The summed E-state index contributed by atoms with van der Waals surface area (Å²) in [6, 6.07) is 5.29. The predicted octanol–water partition coefficient (Wildman–Crippen LogP) is 4.61. The van der Waals surface area contributed by atoms with Crippen molar-refractivity contribution < 1.29 is 4.39 Å². The highest BCUT2D eigenvalue weighted by Gasteiger charge is 2.21. The van der Waals surface area contributed by atoms with Gasteiger partial charge in [0.05, 0.1) is 5.02 Å². The third-order valence-corrected chi connectivity index (χ3v) is 3.79. The molecule has 1 N–H and O–H groups in total. The van der Waals surface area contributed by atoms with Crippen molar-refractivity contribution in [1.82, 2.24) is 5.32 Å². The molecule has 0 aromatic heterocycles. The zero-order chi connectivity index (χ0) is 13.5. The van der Waals surface area contributed by atoms with Gasteiger partial charge in [-0.05, 0) is 30.5 Å². The molecule has 102 valence electrons. The van der Waals surface area contributed by atoms with E-state index in [1.54, 1.807) is 6.07 Å². The van der Waals surface area contributed by atoms with Gasteiger partial charge in [-0.15, -0.1) is 0 Å². The van der Waals surface area contributed by atoms with E-state index in [0.717, 1.165) is 31.5 Å². The first-order valence-electron chi connectivity index (χ1n) is 6.76. The van der Waals surface area contributed by atoms with E-state index in [0.29, 0.717) is 5.92 Å². The van der Waals surface area contributed by atoms with Crippen molar-refractivity contribution in [3.8, 4) is 0 Å². The first kappa shape index (κ1) is 15.5. The van der Waals surface area contributed by atoms with Crippen LogP contribution in [-0.2, 0) is 0 Å². The van der Waals surface area contributed by atoms with Gasteiger partial charge in [-0.1, -0.05) is 50.9 Å². The minimum atomic E-state index is -0.261. The molecule has 0 bridgehead atoms. The van der Waals surface area contributed by atoms with Crippen LogP contribution >= 0.6 is 11.6 Å². The molecule has 18 heavy (non-hydrogen) atoms. The highest BCUT2D eigenvalue weighted by atomic mass is 35.5. The maximum atomic E-state index is 14.1. The van der Waals surface area contributed by atoms with Gasteiger partial charge in [-0.25, -0.2) is 4.39 Å². The number of hydrogen-bond donors (Lipinski definition) is 1. The van der Waals surface area contributed by atoms with Crippen molar-refractivity contribution in [2.45, 2.75) is 39.5 Å². The minimum absolute atomic E-state index is 0.181. The van der Waals surface area contributed by atoms with E-state index in [-0.39, 0.29) is 16.8 Å². The normalized spacial score (nSPS) is 14.5. The predicted molar refractivity (Wildman–Crippen MR) is 76.8 cm³/mol. The van der Waals surface area contributed by atoms with Gasteiger partial charge in [0.15, 0.2) is 0 Å². The summed E-state index contributed by atoms with van der Waals surface area (Å²) in [5, 5.41) is 3.60. The molecule has 1 nitrogen and oxygen atoms in total. The molecule has 0 saturated carbocycles. The zero-order valence-corrected chi connectivity index (χ0v) is 12.2. The third kappa shape index (κ3) is 3.96. The Morgan fingerprint density at radius 2 is 2.06 bits per heavy atom. The van der Waals surface area contributed by atoms with Crippen LogP contribution in [0.3, 0.4) is 0 Å². The molecule has 0 aliphatic heterocycles. The number of benzene rings is 1. The Morgan fingerprint density at radius 3 is 2.67 bits per heavy atom. The molecule has 0 aliphatic rings. The van der Waals surface area contributed by atoms with E-state index in [4.69, 9.17) is 11.6 Å². The smallest absolute Gasteiger partial charge is 0.145 e. The van der Waals surface area contributed by atoms with Gasteiger partial charge in [-0.3, -0.25) is 0 Å². The summed E-state index contributed by atoms with van der Waals surface area (Å²) in [6.07, 6.45) is 2.12. The maximum Gasteiger partial charge on any atom is 0.145 e. The van der Waals surface area contributed by atoms with Gasteiger partial charge >= 0.3 is 0 Å². The molecule has 0 aliphatic carbocycles. The van der Waals surface area contributed by atoms with E-state index in [1.807, 2.05) is 12.1 Å². The third-order valence-electron chi connectivity index (χ3n) is 3.50. The highest BCUT2D eigenvalue weighted by Crippen LogP contribution is 2.31. The zero-order valence-electron chi connectivity index (χ0n) is 11.5. The lowest BCUT2D eigenvalue weighted by Gasteiger charge is -2.24. The van der Waals surface area contributed by atoms with E-state index < -0.39 is 0 Å². The quantitative estimate of drug-likeness (QED) is 0.714. The van der Waals surface area contributed by atoms with Crippen LogP contribution in [-0.4, -0.2) is 13.1 Å². The van der Waals surface area contributed by atoms with E-state index >= 15 is 0 Å². The van der Waals surface area contributed by atoms with Crippen LogP contribution in [0.2, 0.25) is 5.02 Å². The average molecular weight is 272 g/mol. The number of halogens is 2. The molecule has 1 rings (SSSR count). The van der Waals surface area contributed by atoms with Crippen LogP contribution in [0.4, 0.5) is 4.39 Å². The van der Waals surface area contributed by atoms with Crippen molar-refractivity contribution in [1.29, 1.82) is 0 Å². The summed E-state index contributed by atoms with van der Waals surface area (Å²) >= 11 is 5.87. The Morgan fingerprint density at radius 1 is 1.33 bits per heavy atom. The first-order chi connectivity index (χ1) is 8.61. The average Bonchev–Trinajstić information content (AvgIpc) is 2.38. The molecule has 2 atom stereocenters. The Balaban J connectivity index is 2.90. The van der Waals surface area contributed by atoms with Gasteiger partial charge in [0.25, 0.3) is 0 Å². The molecule has 0 fully saturated rings. The summed E-state index contributed by atoms with van der Waals surface area (Å²) in [6.45, 7) is 8.21. The van der Waals surface area contributed by atoms with Crippen molar-refractivity contribution in [2.24, 2.45) is 5.92 Å². The Kier molecular flexibility index (Phi) is 6.66. The fourth-order valence-electron chi connectivity index (χ4n) is 2.14. The molecular formula is C15H23ClFN. The number of rotatable bonds is 7. The summed E-state index contributed by atoms with van der Waals surface area (Å²) in [5.74, 6) is 0.352. The minimum Gasteiger partial charge on any atom is -0.316 e. The van der Waals surface area contributed by atoms with Gasteiger partial charge in [0.2, 0.25) is 0 Å². The molecular weight excluding hydrogens is 249 g/mol. The summed E-state index contributed by atoms with van der Waals surface area (Å²) in [5.41, 5.74) is 0.737. The largest absolute Gasteiger partial charge is 0.316 e. The van der Waals surface area contributed by atoms with Crippen LogP contribution in [0.1, 0.15) is 45.1 Å². The summed E-state index contributed by atoms with van der Waals surface area (Å²) < 4.78 is 14.1. The number of nitrogens with one attached hydrogen (secondary N) is 1. The van der Waals surface area contributed by atoms with Crippen LogP contribution in [0.25, 0.3) is 0 Å². The molecule has 0 amide bonds. The second-order valence-corrected chi connectivity index (χ2v) is 5.25. The monoisotopic (exact) mass is 271 g/mol. The highest BCUT2D eigenvalue weighted by molar-refractivity contribution is 6.30. The standard InChI is InChI=1S/C15H23ClFN/c1-4-9-18-10-13(11(3)5-2)12-7-6-8-14(16)15(12)17/h6-8,11,13,18H,4-5,9-10H2,1-3H3. The van der Waals surface area contributed by atoms with E-state index in [1.165, 1.54) is 0 Å². The molecule has 2 unspecified atom stereocenters. The lowest BCUT2D eigenvalue weighted by Crippen LogP contribution is -2.26. The molecule has 0 saturated heterocycles. The number of hydrogen-bond acceptors (Lipinski definition) is 1. The topological polar surface area (TPSA) is 12.0 Å². The Hall–Kier alpha value is -0.600. The van der Waals surface area contributed by atoms with Crippen LogP contribution in [0, 0.1) is 11.7 Å². The summed E-state index contributed by atoms with van der Waals surface area (Å²) in [7, 11) is 0. The van der Waals surface area contributed by atoms with E-state index in [9.17, 15) is 4.39 Å². The SMILES string of the molecule is CCCNCC(c1cccc(Cl)c1F)C(C)CC. The van der Waals surface area contributed by atoms with Gasteiger partial charge in [0.1, 0.15) is 5.82 Å². The fraction of sp³-hybridized carbons (Fsp3) is 0.600. The lowest BCUT2D eigenvalue weighted by atomic mass is 9.85. The van der Waals surface area contributed by atoms with Crippen LogP contribution in [0.15, 0.2) is 18.2 Å². The maximum absolute atomic E-state index is 14.1. The van der Waals surface area contributed by atoms with Crippen molar-refractivity contribution in [3.05, 3.63) is 34.6 Å². The Labute approximate surface area is 115 Å². The first-order valence-corrected chi connectivity index (χ1v) is 7.14.